The molecule has 1 aliphatic rings. The van der Waals surface area contributed by atoms with Gasteiger partial charge in [0.25, 0.3) is 11.6 Å². The van der Waals surface area contributed by atoms with E-state index in [1.165, 1.54) is 13.2 Å². The van der Waals surface area contributed by atoms with Gasteiger partial charge in [0.05, 0.1) is 33.4 Å². The van der Waals surface area contributed by atoms with Crippen molar-refractivity contribution < 1.29 is 44.9 Å². The van der Waals surface area contributed by atoms with Crippen LogP contribution in [0.5, 0.6) is 0 Å². The van der Waals surface area contributed by atoms with Crippen molar-refractivity contribution in [3.8, 4) is 11.3 Å². The second-order valence-electron chi connectivity index (χ2n) is 7.91. The highest BCUT2D eigenvalue weighted by atomic mass is 32.2. The van der Waals surface area contributed by atoms with Crippen LogP contribution in [-0.2, 0) is 29.6 Å². The Labute approximate surface area is 209 Å². The SMILES string of the molecule is CCS(=O)c1cc(-c2cc(C(F)(F)F)ccn2)cnc1C(=O)N1CCc2c1cc(C(F)(F)F)c[n+]2OC. The molecule has 4 heterocycles. The van der Waals surface area contributed by atoms with E-state index in [2.05, 4.69) is 9.97 Å². The maximum Gasteiger partial charge on any atom is 0.422 e. The number of hydrogen-bond donors (Lipinski definition) is 0. The highest BCUT2D eigenvalue weighted by Gasteiger charge is 2.41. The number of amides is 1. The van der Waals surface area contributed by atoms with Gasteiger partial charge in [-0.1, -0.05) is 6.92 Å². The molecule has 3 aromatic rings. The molecule has 0 aliphatic carbocycles. The van der Waals surface area contributed by atoms with Crippen LogP contribution in [0.2, 0.25) is 0 Å². The normalized spacial score (nSPS) is 14.4. The Morgan fingerprint density at radius 1 is 1.11 bits per heavy atom. The Hall–Kier alpha value is -3.55. The molecule has 0 radical (unpaired) electrons. The number of alkyl halides is 6. The molecule has 0 fully saturated rings. The number of fused-ring (bicyclic) bond motifs is 1. The van der Waals surface area contributed by atoms with Crippen LogP contribution in [0.4, 0.5) is 32.0 Å². The van der Waals surface area contributed by atoms with Gasteiger partial charge in [0.2, 0.25) is 6.20 Å². The zero-order chi connectivity index (χ0) is 27.1. The monoisotopic (exact) mass is 545 g/mol. The van der Waals surface area contributed by atoms with Crippen LogP contribution in [0.1, 0.15) is 34.2 Å². The summed E-state index contributed by atoms with van der Waals surface area (Å²) < 4.78 is 93.5. The standard InChI is InChI=1S/C23H19F6N4O3S/c1-3-37(35)19-8-13(16-9-14(4-6-30-16)22(24,25)26)11-31-20(19)21(34)32-7-5-17-18(32)10-15(23(27,28)29)12-33(17)36-2/h4,6,8-12H,3,5,7H2,1-2H3/q+1. The zero-order valence-electron chi connectivity index (χ0n) is 19.4. The molecule has 1 unspecified atom stereocenters. The molecule has 0 saturated heterocycles. The van der Waals surface area contributed by atoms with Gasteiger partial charge in [-0.3, -0.25) is 18.8 Å². The first-order valence-electron chi connectivity index (χ1n) is 10.8. The maximum absolute atomic E-state index is 13.5. The van der Waals surface area contributed by atoms with E-state index in [1.807, 2.05) is 0 Å². The van der Waals surface area contributed by atoms with Crippen molar-refractivity contribution in [2.75, 3.05) is 24.3 Å². The van der Waals surface area contributed by atoms with Crippen LogP contribution in [0.25, 0.3) is 11.3 Å². The third kappa shape index (κ3) is 5.15. The third-order valence-electron chi connectivity index (χ3n) is 5.69. The lowest BCUT2D eigenvalue weighted by Gasteiger charge is -2.18. The predicted octanol–water partition coefficient (Wildman–Crippen LogP) is 3.86. The van der Waals surface area contributed by atoms with Crippen molar-refractivity contribution in [3.63, 3.8) is 0 Å². The lowest BCUT2D eigenvalue weighted by Crippen LogP contribution is -2.45. The van der Waals surface area contributed by atoms with Gasteiger partial charge in [0.15, 0.2) is 0 Å². The molecule has 0 N–H and O–H groups in total. The summed E-state index contributed by atoms with van der Waals surface area (Å²) in [5.41, 5.74) is -1.99. The van der Waals surface area contributed by atoms with Gasteiger partial charge in [0, 0.05) is 35.0 Å². The van der Waals surface area contributed by atoms with Gasteiger partial charge in [-0.25, -0.2) is 4.98 Å². The van der Waals surface area contributed by atoms with E-state index in [-0.39, 0.29) is 46.3 Å². The molecular formula is C23H19F6N4O3S+. The van der Waals surface area contributed by atoms with Gasteiger partial charge in [-0.05, 0) is 24.3 Å². The fourth-order valence-electron chi connectivity index (χ4n) is 3.89. The maximum atomic E-state index is 13.5. The number of rotatable bonds is 5. The summed E-state index contributed by atoms with van der Waals surface area (Å²) in [5.74, 6) is -0.749. The van der Waals surface area contributed by atoms with Gasteiger partial charge in [-0.15, -0.1) is 0 Å². The smallest absolute Gasteiger partial charge is 0.301 e. The Bertz CT molecular complexity index is 1390. The minimum absolute atomic E-state index is 0.00958. The largest absolute Gasteiger partial charge is 0.422 e. The van der Waals surface area contributed by atoms with E-state index >= 15 is 0 Å². The topological polar surface area (TPSA) is 76.3 Å². The van der Waals surface area contributed by atoms with E-state index in [0.717, 1.165) is 46.4 Å². The molecule has 3 aromatic heterocycles. The lowest BCUT2D eigenvalue weighted by atomic mass is 10.1. The lowest BCUT2D eigenvalue weighted by molar-refractivity contribution is -0.890. The van der Waals surface area contributed by atoms with E-state index < -0.39 is 40.2 Å². The van der Waals surface area contributed by atoms with Crippen molar-refractivity contribution in [2.45, 2.75) is 30.6 Å². The summed E-state index contributed by atoms with van der Waals surface area (Å²) in [6.45, 7) is 1.58. The second-order valence-corrected chi connectivity index (χ2v) is 9.61. The minimum atomic E-state index is -4.71. The number of carbonyl (C=O) groups excluding carboxylic acids is 1. The molecule has 0 saturated carbocycles. The first kappa shape index (κ1) is 26.5. The molecular weight excluding hydrogens is 526 g/mol. The van der Waals surface area contributed by atoms with Crippen LogP contribution >= 0.6 is 0 Å². The zero-order valence-corrected chi connectivity index (χ0v) is 20.2. The fourth-order valence-corrected chi connectivity index (χ4v) is 4.82. The first-order chi connectivity index (χ1) is 17.3. The van der Waals surface area contributed by atoms with Crippen LogP contribution < -0.4 is 14.5 Å². The van der Waals surface area contributed by atoms with Crippen LogP contribution in [0, 0.1) is 0 Å². The van der Waals surface area contributed by atoms with Crippen LogP contribution in [0.15, 0.2) is 47.8 Å². The van der Waals surface area contributed by atoms with Crippen molar-refractivity contribution in [1.82, 2.24) is 9.97 Å². The molecule has 0 aromatic carbocycles. The summed E-state index contributed by atoms with van der Waals surface area (Å²) in [6.07, 6.45) is -6.28. The molecule has 4 rings (SSSR count). The summed E-state index contributed by atoms with van der Waals surface area (Å²) in [6, 6.07) is 3.69. The van der Waals surface area contributed by atoms with E-state index in [0.29, 0.717) is 5.69 Å². The van der Waals surface area contributed by atoms with Crippen LogP contribution in [-0.4, -0.2) is 39.5 Å². The highest BCUT2D eigenvalue weighted by Crippen LogP contribution is 2.36. The Morgan fingerprint density at radius 3 is 2.43 bits per heavy atom. The third-order valence-corrected chi connectivity index (χ3v) is 7.01. The Balaban J connectivity index is 1.79. The second kappa shape index (κ2) is 9.72. The summed E-state index contributed by atoms with van der Waals surface area (Å²) in [4.78, 5) is 27.5. The van der Waals surface area contributed by atoms with E-state index in [9.17, 15) is 35.3 Å². The molecule has 37 heavy (non-hydrogen) atoms. The molecule has 1 amide bonds. The van der Waals surface area contributed by atoms with Crippen molar-refractivity contribution in [3.05, 3.63) is 65.4 Å². The molecule has 0 spiro atoms. The highest BCUT2D eigenvalue weighted by molar-refractivity contribution is 7.85. The number of hydrogen-bond acceptors (Lipinski definition) is 5. The minimum Gasteiger partial charge on any atom is -0.301 e. The number of anilines is 1. The average Bonchev–Trinajstić information content (AvgIpc) is 3.30. The number of pyridine rings is 3. The molecule has 7 nitrogen and oxygen atoms in total. The summed E-state index contributed by atoms with van der Waals surface area (Å²) in [5, 5.41) is 0. The van der Waals surface area contributed by atoms with Crippen molar-refractivity contribution in [2.24, 2.45) is 0 Å². The van der Waals surface area contributed by atoms with E-state index in [1.54, 1.807) is 6.92 Å². The first-order valence-corrected chi connectivity index (χ1v) is 12.1. The Kier molecular flexibility index (Phi) is 6.97. The quantitative estimate of drug-likeness (QED) is 0.360. The average molecular weight is 545 g/mol. The van der Waals surface area contributed by atoms with Gasteiger partial charge in [-0.2, -0.15) is 26.3 Å². The van der Waals surface area contributed by atoms with Gasteiger partial charge >= 0.3 is 12.4 Å². The predicted molar refractivity (Wildman–Crippen MR) is 119 cm³/mol. The van der Waals surface area contributed by atoms with Crippen molar-refractivity contribution >= 4 is 22.4 Å². The summed E-state index contributed by atoms with van der Waals surface area (Å²) in [7, 11) is -0.591. The fraction of sp³-hybridized carbons (Fsp3) is 0.304. The van der Waals surface area contributed by atoms with E-state index in [4.69, 9.17) is 4.84 Å². The van der Waals surface area contributed by atoms with Crippen LogP contribution in [0.3, 0.4) is 0 Å². The number of nitrogens with zero attached hydrogens (tertiary/aromatic N) is 4. The number of halogens is 6. The molecule has 14 heteroatoms. The van der Waals surface area contributed by atoms with Gasteiger partial charge in [0.1, 0.15) is 24.1 Å². The van der Waals surface area contributed by atoms with Crippen molar-refractivity contribution in [1.29, 1.82) is 0 Å². The number of carbonyl (C=O) groups is 1. The molecule has 196 valence electrons. The Morgan fingerprint density at radius 2 is 1.81 bits per heavy atom. The summed E-state index contributed by atoms with van der Waals surface area (Å²) >= 11 is 0. The molecule has 1 aliphatic heterocycles. The van der Waals surface area contributed by atoms with Gasteiger partial charge < -0.3 is 4.90 Å². The molecule has 0 bridgehead atoms. The number of aromatic nitrogens is 3. The molecule has 1 atom stereocenters.